The molecule has 0 amide bonds. The van der Waals surface area contributed by atoms with E-state index in [1.165, 1.54) is 77.3 Å². The van der Waals surface area contributed by atoms with Gasteiger partial charge in [0.05, 0.1) is 0 Å². The molecule has 1 saturated carbocycles. The molecule has 1 saturated heterocycles. The van der Waals surface area contributed by atoms with Crippen molar-refractivity contribution >= 4 is 0 Å². The van der Waals surface area contributed by atoms with Crippen LogP contribution in [0.1, 0.15) is 78.1 Å². The number of likely N-dealkylation sites (tertiary alicyclic amines) is 1. The van der Waals surface area contributed by atoms with Gasteiger partial charge in [-0.1, -0.05) is 39.5 Å². The Kier molecular flexibility index (Phi) is 6.31. The van der Waals surface area contributed by atoms with E-state index in [2.05, 4.69) is 24.2 Å². The molecule has 3 N–H and O–H groups in total. The smallest absolute Gasteiger partial charge is 0.0394 e. The Morgan fingerprint density at radius 2 is 1.70 bits per heavy atom. The van der Waals surface area contributed by atoms with Gasteiger partial charge < -0.3 is 0 Å². The van der Waals surface area contributed by atoms with Crippen molar-refractivity contribution in [3.63, 3.8) is 0 Å². The van der Waals surface area contributed by atoms with Crippen molar-refractivity contribution in [3.8, 4) is 0 Å². The van der Waals surface area contributed by atoms with Crippen molar-refractivity contribution in [3.05, 3.63) is 0 Å². The van der Waals surface area contributed by atoms with Crippen molar-refractivity contribution in [2.24, 2.45) is 11.8 Å². The van der Waals surface area contributed by atoms with E-state index < -0.39 is 0 Å². The van der Waals surface area contributed by atoms with E-state index in [4.69, 9.17) is 5.84 Å². The van der Waals surface area contributed by atoms with Crippen LogP contribution < -0.4 is 11.3 Å². The van der Waals surface area contributed by atoms with Gasteiger partial charge in [-0.05, 0) is 57.5 Å². The molecule has 3 heteroatoms. The molecular weight excluding hydrogens is 246 g/mol. The first kappa shape index (κ1) is 16.3. The lowest BCUT2D eigenvalue weighted by Crippen LogP contribution is -2.61. The zero-order valence-electron chi connectivity index (χ0n) is 13.7. The van der Waals surface area contributed by atoms with Crippen molar-refractivity contribution in [1.29, 1.82) is 0 Å². The summed E-state index contributed by atoms with van der Waals surface area (Å²) >= 11 is 0. The molecule has 1 aliphatic heterocycles. The summed E-state index contributed by atoms with van der Waals surface area (Å²) < 4.78 is 0. The lowest BCUT2D eigenvalue weighted by Gasteiger charge is -2.47. The summed E-state index contributed by atoms with van der Waals surface area (Å²) in [5.74, 6) is 6.95. The molecule has 118 valence electrons. The fourth-order valence-electron chi connectivity index (χ4n) is 4.78. The summed E-state index contributed by atoms with van der Waals surface area (Å²) in [6, 6.07) is 0.455. The lowest BCUT2D eigenvalue weighted by molar-refractivity contribution is 0.0560. The van der Waals surface area contributed by atoms with Gasteiger partial charge >= 0.3 is 0 Å². The summed E-state index contributed by atoms with van der Waals surface area (Å²) in [6.07, 6.45) is 13.6. The van der Waals surface area contributed by atoms with Gasteiger partial charge in [-0.3, -0.25) is 16.2 Å². The van der Waals surface area contributed by atoms with E-state index in [0.717, 1.165) is 5.92 Å². The van der Waals surface area contributed by atoms with Crippen molar-refractivity contribution in [1.82, 2.24) is 10.3 Å². The third-order valence-corrected chi connectivity index (χ3v) is 6.15. The van der Waals surface area contributed by atoms with E-state index in [0.29, 0.717) is 6.04 Å². The average molecular weight is 281 g/mol. The molecule has 20 heavy (non-hydrogen) atoms. The molecule has 2 aliphatic rings. The van der Waals surface area contributed by atoms with Crippen LogP contribution >= 0.6 is 0 Å². The van der Waals surface area contributed by atoms with Crippen molar-refractivity contribution < 1.29 is 0 Å². The maximum atomic E-state index is 5.99. The fourth-order valence-corrected chi connectivity index (χ4v) is 4.78. The van der Waals surface area contributed by atoms with E-state index in [-0.39, 0.29) is 5.54 Å². The molecule has 0 aromatic carbocycles. The van der Waals surface area contributed by atoms with E-state index >= 15 is 0 Å². The van der Waals surface area contributed by atoms with Gasteiger partial charge in [0.1, 0.15) is 0 Å². The zero-order chi connectivity index (χ0) is 14.4. The zero-order valence-corrected chi connectivity index (χ0v) is 13.7. The Morgan fingerprint density at radius 3 is 2.20 bits per heavy atom. The second kappa shape index (κ2) is 7.77. The Bertz CT molecular complexity index is 263. The van der Waals surface area contributed by atoms with Gasteiger partial charge in [0.2, 0.25) is 0 Å². The van der Waals surface area contributed by atoms with Gasteiger partial charge in [0, 0.05) is 11.6 Å². The maximum absolute atomic E-state index is 5.99. The largest absolute Gasteiger partial charge is 0.296 e. The number of hydrogen-bond acceptors (Lipinski definition) is 3. The van der Waals surface area contributed by atoms with Crippen molar-refractivity contribution in [2.45, 2.75) is 89.6 Å². The first-order chi connectivity index (χ1) is 9.76. The number of hydrogen-bond donors (Lipinski definition) is 2. The number of nitrogens with zero attached hydrogens (tertiary/aromatic N) is 1. The highest BCUT2D eigenvalue weighted by Crippen LogP contribution is 2.35. The maximum Gasteiger partial charge on any atom is 0.0394 e. The fraction of sp³-hybridized carbons (Fsp3) is 1.00. The van der Waals surface area contributed by atoms with Crippen LogP contribution in [-0.4, -0.2) is 29.6 Å². The Labute approximate surface area is 125 Å². The topological polar surface area (TPSA) is 41.3 Å². The van der Waals surface area contributed by atoms with Gasteiger partial charge in [0.25, 0.3) is 0 Å². The molecule has 2 fully saturated rings. The first-order valence-electron chi connectivity index (χ1n) is 8.98. The van der Waals surface area contributed by atoms with Crippen molar-refractivity contribution in [2.75, 3.05) is 13.1 Å². The number of nitrogens with one attached hydrogen (secondary N) is 1. The molecule has 3 nitrogen and oxygen atoms in total. The van der Waals surface area contributed by atoms with Gasteiger partial charge in [-0.2, -0.15) is 0 Å². The number of rotatable bonds is 8. The minimum atomic E-state index is 0.282. The Morgan fingerprint density at radius 1 is 1.10 bits per heavy atom. The molecule has 0 bridgehead atoms. The predicted molar refractivity (Wildman–Crippen MR) is 86.4 cm³/mol. The van der Waals surface area contributed by atoms with Crippen LogP contribution in [0.2, 0.25) is 0 Å². The third-order valence-electron chi connectivity index (χ3n) is 6.15. The molecule has 1 atom stereocenters. The summed E-state index contributed by atoms with van der Waals surface area (Å²) in [7, 11) is 0. The molecule has 0 aromatic rings. The SMILES string of the molecule is CCC(CC)(C(CCC1CCCC1)NN)N1CCCC1. The number of nitrogens with two attached hydrogens (primary N) is 1. The quantitative estimate of drug-likeness (QED) is 0.529. The van der Waals surface area contributed by atoms with E-state index in [9.17, 15) is 0 Å². The minimum absolute atomic E-state index is 0.282. The molecular formula is C17H35N3. The Balaban J connectivity index is 1.99. The highest BCUT2D eigenvalue weighted by molar-refractivity contribution is 4.99. The molecule has 0 aromatic heterocycles. The standard InChI is InChI=1S/C17H35N3/c1-3-17(4-2,20-13-7-8-14-20)16(19-18)12-11-15-9-5-6-10-15/h15-16,19H,3-14,18H2,1-2H3. The third kappa shape index (κ3) is 3.37. The minimum Gasteiger partial charge on any atom is -0.296 e. The molecule has 0 spiro atoms. The van der Waals surface area contributed by atoms with Crippen LogP contribution in [0.25, 0.3) is 0 Å². The summed E-state index contributed by atoms with van der Waals surface area (Å²) in [5, 5.41) is 0. The van der Waals surface area contributed by atoms with Crippen LogP contribution in [0.3, 0.4) is 0 Å². The molecule has 2 rings (SSSR count). The molecule has 1 heterocycles. The average Bonchev–Trinajstić information content (AvgIpc) is 3.16. The molecule has 0 radical (unpaired) electrons. The van der Waals surface area contributed by atoms with E-state index in [1.807, 2.05) is 0 Å². The Hall–Kier alpha value is -0.120. The second-order valence-corrected chi connectivity index (χ2v) is 6.95. The predicted octanol–water partition coefficient (Wildman–Crippen LogP) is 3.44. The second-order valence-electron chi connectivity index (χ2n) is 6.95. The van der Waals surface area contributed by atoms with Crippen LogP contribution in [0.4, 0.5) is 0 Å². The normalized spacial score (nSPS) is 23.6. The highest BCUT2D eigenvalue weighted by Gasteiger charge is 2.41. The van der Waals surface area contributed by atoms with Crippen LogP contribution in [0.15, 0.2) is 0 Å². The molecule has 1 unspecified atom stereocenters. The van der Waals surface area contributed by atoms with Gasteiger partial charge in [0.15, 0.2) is 0 Å². The van der Waals surface area contributed by atoms with Crippen LogP contribution in [-0.2, 0) is 0 Å². The van der Waals surface area contributed by atoms with Gasteiger partial charge in [-0.25, -0.2) is 0 Å². The van der Waals surface area contributed by atoms with Gasteiger partial charge in [-0.15, -0.1) is 0 Å². The van der Waals surface area contributed by atoms with Crippen LogP contribution in [0, 0.1) is 5.92 Å². The first-order valence-corrected chi connectivity index (χ1v) is 8.98. The van der Waals surface area contributed by atoms with Crippen LogP contribution in [0.5, 0.6) is 0 Å². The molecule has 1 aliphatic carbocycles. The van der Waals surface area contributed by atoms with E-state index in [1.54, 1.807) is 0 Å². The monoisotopic (exact) mass is 281 g/mol. The summed E-state index contributed by atoms with van der Waals surface area (Å²) in [6.45, 7) is 7.23. The highest BCUT2D eigenvalue weighted by atomic mass is 15.3. The lowest BCUT2D eigenvalue weighted by atomic mass is 9.79. The number of hydrazine groups is 1. The summed E-state index contributed by atoms with van der Waals surface area (Å²) in [5.41, 5.74) is 3.49. The summed E-state index contributed by atoms with van der Waals surface area (Å²) in [4.78, 5) is 2.73.